The summed E-state index contributed by atoms with van der Waals surface area (Å²) >= 11 is 1.84. The van der Waals surface area contributed by atoms with Crippen LogP contribution in [-0.2, 0) is 5.75 Å². The molecule has 0 aliphatic heterocycles. The zero-order valence-electron chi connectivity index (χ0n) is 10.1. The standard InChI is InChI=1S/C14H16N2S/c1-11-5-3-4-6-12(11)10-17-13-7-8-16-14(9-13)15-2/h3-9H,10H2,1-2H3,(H,15,16). The van der Waals surface area contributed by atoms with Crippen molar-refractivity contribution in [3.8, 4) is 0 Å². The van der Waals surface area contributed by atoms with Gasteiger partial charge >= 0.3 is 0 Å². The van der Waals surface area contributed by atoms with E-state index < -0.39 is 0 Å². The van der Waals surface area contributed by atoms with Crippen LogP contribution in [0.15, 0.2) is 47.5 Å². The van der Waals surface area contributed by atoms with Gasteiger partial charge in [-0.05, 0) is 30.2 Å². The monoisotopic (exact) mass is 244 g/mol. The first-order valence-corrected chi connectivity index (χ1v) is 6.59. The SMILES string of the molecule is CNc1cc(SCc2ccccc2C)ccn1. The van der Waals surface area contributed by atoms with Gasteiger partial charge in [-0.25, -0.2) is 4.98 Å². The van der Waals surface area contributed by atoms with Gasteiger partial charge < -0.3 is 5.32 Å². The molecular weight excluding hydrogens is 228 g/mol. The van der Waals surface area contributed by atoms with Gasteiger partial charge in [0.25, 0.3) is 0 Å². The topological polar surface area (TPSA) is 24.9 Å². The van der Waals surface area contributed by atoms with Crippen LogP contribution in [-0.4, -0.2) is 12.0 Å². The summed E-state index contributed by atoms with van der Waals surface area (Å²) in [5, 5.41) is 3.05. The number of rotatable bonds is 4. The molecule has 2 rings (SSSR count). The maximum Gasteiger partial charge on any atom is 0.126 e. The molecule has 0 saturated heterocycles. The maximum atomic E-state index is 4.21. The number of hydrogen-bond donors (Lipinski definition) is 1. The summed E-state index contributed by atoms with van der Waals surface area (Å²) in [5.74, 6) is 1.92. The van der Waals surface area contributed by atoms with E-state index in [1.165, 1.54) is 16.0 Å². The third kappa shape index (κ3) is 3.24. The second-order valence-electron chi connectivity index (χ2n) is 3.84. The summed E-state index contributed by atoms with van der Waals surface area (Å²) in [6.45, 7) is 2.15. The van der Waals surface area contributed by atoms with Gasteiger partial charge in [0, 0.05) is 23.9 Å². The average molecular weight is 244 g/mol. The number of anilines is 1. The smallest absolute Gasteiger partial charge is 0.126 e. The quantitative estimate of drug-likeness (QED) is 0.830. The summed E-state index contributed by atoms with van der Waals surface area (Å²) in [7, 11) is 1.89. The Balaban J connectivity index is 2.05. The molecular formula is C14H16N2S. The van der Waals surface area contributed by atoms with E-state index in [0.29, 0.717) is 0 Å². The molecule has 0 spiro atoms. The molecule has 1 heterocycles. The zero-order chi connectivity index (χ0) is 12.1. The highest BCUT2D eigenvalue weighted by Gasteiger charge is 2.00. The van der Waals surface area contributed by atoms with Crippen molar-refractivity contribution in [3.63, 3.8) is 0 Å². The molecule has 0 bridgehead atoms. The molecule has 0 saturated carbocycles. The number of nitrogens with zero attached hydrogens (tertiary/aromatic N) is 1. The summed E-state index contributed by atoms with van der Waals surface area (Å²) in [4.78, 5) is 5.45. The van der Waals surface area contributed by atoms with Crippen LogP contribution in [0.2, 0.25) is 0 Å². The van der Waals surface area contributed by atoms with Crippen molar-refractivity contribution in [3.05, 3.63) is 53.7 Å². The lowest BCUT2D eigenvalue weighted by atomic mass is 10.1. The number of aryl methyl sites for hydroxylation is 1. The van der Waals surface area contributed by atoms with Crippen molar-refractivity contribution in [2.24, 2.45) is 0 Å². The third-order valence-corrected chi connectivity index (χ3v) is 3.69. The molecule has 1 N–H and O–H groups in total. The van der Waals surface area contributed by atoms with E-state index in [4.69, 9.17) is 0 Å². The number of aromatic nitrogens is 1. The Morgan fingerprint density at radius 1 is 1.24 bits per heavy atom. The van der Waals surface area contributed by atoms with E-state index in [9.17, 15) is 0 Å². The molecule has 0 aliphatic carbocycles. The zero-order valence-corrected chi connectivity index (χ0v) is 10.9. The van der Waals surface area contributed by atoms with Crippen molar-refractivity contribution >= 4 is 17.6 Å². The van der Waals surface area contributed by atoms with Gasteiger partial charge in [-0.3, -0.25) is 0 Å². The second kappa shape index (κ2) is 5.73. The van der Waals surface area contributed by atoms with Gasteiger partial charge in [0.2, 0.25) is 0 Å². The number of benzene rings is 1. The van der Waals surface area contributed by atoms with Crippen molar-refractivity contribution in [1.82, 2.24) is 4.98 Å². The minimum absolute atomic E-state index is 0.916. The predicted molar refractivity (Wildman–Crippen MR) is 74.5 cm³/mol. The summed E-state index contributed by atoms with van der Waals surface area (Å²) in [5.41, 5.74) is 2.74. The number of thioether (sulfide) groups is 1. The van der Waals surface area contributed by atoms with E-state index in [1.807, 2.05) is 31.1 Å². The highest BCUT2D eigenvalue weighted by molar-refractivity contribution is 7.98. The van der Waals surface area contributed by atoms with Crippen LogP contribution in [0, 0.1) is 6.92 Å². The van der Waals surface area contributed by atoms with Gasteiger partial charge in [-0.15, -0.1) is 11.8 Å². The highest BCUT2D eigenvalue weighted by Crippen LogP contribution is 2.25. The van der Waals surface area contributed by atoms with E-state index in [2.05, 4.69) is 47.6 Å². The van der Waals surface area contributed by atoms with Gasteiger partial charge in [-0.1, -0.05) is 24.3 Å². The minimum atomic E-state index is 0.916. The van der Waals surface area contributed by atoms with Gasteiger partial charge in [0.1, 0.15) is 5.82 Å². The molecule has 0 fully saturated rings. The van der Waals surface area contributed by atoms with Gasteiger partial charge in [-0.2, -0.15) is 0 Å². The Morgan fingerprint density at radius 2 is 2.06 bits per heavy atom. The van der Waals surface area contributed by atoms with Crippen LogP contribution in [0.25, 0.3) is 0 Å². The Bertz CT molecular complexity index is 497. The summed E-state index contributed by atoms with van der Waals surface area (Å²) in [6.07, 6.45) is 1.84. The predicted octanol–water partition coefficient (Wildman–Crippen LogP) is 3.72. The molecule has 0 aliphatic rings. The fourth-order valence-corrected chi connectivity index (χ4v) is 2.57. The van der Waals surface area contributed by atoms with Crippen molar-refractivity contribution < 1.29 is 0 Å². The number of hydrogen-bond acceptors (Lipinski definition) is 3. The van der Waals surface area contributed by atoms with Crippen LogP contribution in [0.1, 0.15) is 11.1 Å². The molecule has 88 valence electrons. The van der Waals surface area contributed by atoms with Crippen molar-refractivity contribution in [2.45, 2.75) is 17.6 Å². The Hall–Kier alpha value is -1.48. The first kappa shape index (κ1) is 12.0. The molecule has 2 nitrogen and oxygen atoms in total. The van der Waals surface area contributed by atoms with Crippen LogP contribution in [0.5, 0.6) is 0 Å². The average Bonchev–Trinajstić information content (AvgIpc) is 2.38. The maximum absolute atomic E-state index is 4.21. The van der Waals surface area contributed by atoms with Gasteiger partial charge in [0.05, 0.1) is 0 Å². The molecule has 1 aromatic heterocycles. The Morgan fingerprint density at radius 3 is 2.82 bits per heavy atom. The molecule has 0 atom stereocenters. The third-order valence-electron chi connectivity index (χ3n) is 2.64. The number of nitrogens with one attached hydrogen (secondary N) is 1. The molecule has 1 aromatic carbocycles. The molecule has 0 amide bonds. The second-order valence-corrected chi connectivity index (χ2v) is 4.89. The van der Waals surface area contributed by atoms with Crippen LogP contribution in [0.3, 0.4) is 0 Å². The first-order valence-electron chi connectivity index (χ1n) is 5.60. The van der Waals surface area contributed by atoms with E-state index in [-0.39, 0.29) is 0 Å². The summed E-state index contributed by atoms with van der Waals surface area (Å²) < 4.78 is 0. The van der Waals surface area contributed by atoms with E-state index in [1.54, 1.807) is 0 Å². The Kier molecular flexibility index (Phi) is 4.04. The van der Waals surface area contributed by atoms with E-state index >= 15 is 0 Å². The van der Waals surface area contributed by atoms with Crippen LogP contribution in [0.4, 0.5) is 5.82 Å². The van der Waals surface area contributed by atoms with Crippen LogP contribution < -0.4 is 5.32 Å². The Labute approximate surface area is 106 Å². The molecule has 17 heavy (non-hydrogen) atoms. The largest absolute Gasteiger partial charge is 0.373 e. The lowest BCUT2D eigenvalue weighted by molar-refractivity contribution is 1.23. The molecule has 3 heteroatoms. The van der Waals surface area contributed by atoms with Crippen molar-refractivity contribution in [2.75, 3.05) is 12.4 Å². The lowest BCUT2D eigenvalue weighted by Gasteiger charge is -2.06. The first-order chi connectivity index (χ1) is 8.29. The normalized spacial score (nSPS) is 10.2. The fraction of sp³-hybridized carbons (Fsp3) is 0.214. The molecule has 0 unspecified atom stereocenters. The van der Waals surface area contributed by atoms with Crippen LogP contribution >= 0.6 is 11.8 Å². The van der Waals surface area contributed by atoms with Crippen molar-refractivity contribution in [1.29, 1.82) is 0 Å². The number of pyridine rings is 1. The van der Waals surface area contributed by atoms with Gasteiger partial charge in [0.15, 0.2) is 0 Å². The molecule has 0 radical (unpaired) electrons. The summed E-state index contributed by atoms with van der Waals surface area (Å²) in [6, 6.07) is 12.6. The molecule has 2 aromatic rings. The van der Waals surface area contributed by atoms with E-state index in [0.717, 1.165) is 11.6 Å². The lowest BCUT2D eigenvalue weighted by Crippen LogP contribution is -1.91. The highest BCUT2D eigenvalue weighted by atomic mass is 32.2. The minimum Gasteiger partial charge on any atom is -0.373 e. The fourth-order valence-electron chi connectivity index (χ4n) is 1.57.